The van der Waals surface area contributed by atoms with Gasteiger partial charge in [0.25, 0.3) is 5.91 Å². The van der Waals surface area contributed by atoms with Crippen molar-refractivity contribution in [1.82, 2.24) is 19.4 Å². The standard InChI is InChI=1S/C13H14N4O2/c1-16-10-2-7-19-12(10)8-11(16)13(18)15-4-6-17-5-3-14-9-17/h2-3,5,7-9H,4,6H2,1H3,(H,15,18). The maximum atomic E-state index is 12.1. The summed E-state index contributed by atoms with van der Waals surface area (Å²) in [7, 11) is 1.85. The summed E-state index contributed by atoms with van der Waals surface area (Å²) in [5.74, 6) is -0.103. The van der Waals surface area contributed by atoms with Gasteiger partial charge in [-0.2, -0.15) is 0 Å². The number of aromatic nitrogens is 3. The monoisotopic (exact) mass is 258 g/mol. The highest BCUT2D eigenvalue weighted by molar-refractivity contribution is 5.97. The molecule has 0 unspecified atom stereocenters. The summed E-state index contributed by atoms with van der Waals surface area (Å²) in [6.07, 6.45) is 6.92. The smallest absolute Gasteiger partial charge is 0.268 e. The van der Waals surface area contributed by atoms with Gasteiger partial charge in [-0.3, -0.25) is 4.79 Å². The van der Waals surface area contributed by atoms with Crippen LogP contribution in [-0.4, -0.2) is 26.6 Å². The van der Waals surface area contributed by atoms with Gasteiger partial charge < -0.3 is 18.9 Å². The van der Waals surface area contributed by atoms with E-state index in [2.05, 4.69) is 10.3 Å². The van der Waals surface area contributed by atoms with Crippen LogP contribution in [0.2, 0.25) is 0 Å². The SMILES string of the molecule is Cn1c(C(=O)NCCn2ccnc2)cc2occc21. The maximum Gasteiger partial charge on any atom is 0.268 e. The Kier molecular flexibility index (Phi) is 2.83. The van der Waals surface area contributed by atoms with Crippen molar-refractivity contribution in [3.63, 3.8) is 0 Å². The van der Waals surface area contributed by atoms with E-state index in [0.717, 1.165) is 11.1 Å². The highest BCUT2D eigenvalue weighted by Crippen LogP contribution is 2.19. The summed E-state index contributed by atoms with van der Waals surface area (Å²) >= 11 is 0. The van der Waals surface area contributed by atoms with Gasteiger partial charge in [-0.1, -0.05) is 0 Å². The molecule has 3 aromatic heterocycles. The lowest BCUT2D eigenvalue weighted by molar-refractivity contribution is 0.0944. The molecule has 3 rings (SSSR count). The van der Waals surface area contributed by atoms with Gasteiger partial charge in [-0.25, -0.2) is 4.98 Å². The van der Waals surface area contributed by atoms with E-state index in [-0.39, 0.29) is 5.91 Å². The van der Waals surface area contributed by atoms with Gasteiger partial charge in [0, 0.05) is 44.7 Å². The van der Waals surface area contributed by atoms with E-state index in [1.54, 1.807) is 24.9 Å². The van der Waals surface area contributed by atoms with Crippen LogP contribution in [0.25, 0.3) is 11.1 Å². The zero-order valence-electron chi connectivity index (χ0n) is 10.5. The third-order valence-corrected chi connectivity index (χ3v) is 3.11. The van der Waals surface area contributed by atoms with E-state index >= 15 is 0 Å². The number of carbonyl (C=O) groups is 1. The Morgan fingerprint density at radius 3 is 3.16 bits per heavy atom. The molecule has 0 radical (unpaired) electrons. The molecular formula is C13H14N4O2. The van der Waals surface area contributed by atoms with Gasteiger partial charge >= 0.3 is 0 Å². The molecule has 0 atom stereocenters. The quantitative estimate of drug-likeness (QED) is 0.769. The van der Waals surface area contributed by atoms with Crippen molar-refractivity contribution in [2.75, 3.05) is 6.54 Å². The van der Waals surface area contributed by atoms with Gasteiger partial charge in [0.2, 0.25) is 0 Å². The van der Waals surface area contributed by atoms with Crippen molar-refractivity contribution in [3.05, 3.63) is 42.8 Å². The van der Waals surface area contributed by atoms with Crippen LogP contribution in [0.3, 0.4) is 0 Å². The van der Waals surface area contributed by atoms with E-state index < -0.39 is 0 Å². The molecule has 0 bridgehead atoms. The number of furan rings is 1. The second-order valence-corrected chi connectivity index (χ2v) is 4.32. The van der Waals surface area contributed by atoms with Crippen molar-refractivity contribution >= 4 is 17.0 Å². The molecule has 19 heavy (non-hydrogen) atoms. The highest BCUT2D eigenvalue weighted by Gasteiger charge is 2.14. The molecule has 1 amide bonds. The average molecular weight is 258 g/mol. The first-order valence-corrected chi connectivity index (χ1v) is 6.02. The van der Waals surface area contributed by atoms with Crippen molar-refractivity contribution in [2.45, 2.75) is 6.54 Å². The van der Waals surface area contributed by atoms with Crippen LogP contribution in [-0.2, 0) is 13.6 Å². The van der Waals surface area contributed by atoms with Crippen LogP contribution in [0, 0.1) is 0 Å². The molecule has 3 aromatic rings. The number of rotatable bonds is 4. The van der Waals surface area contributed by atoms with E-state index in [4.69, 9.17) is 4.42 Å². The maximum absolute atomic E-state index is 12.1. The number of nitrogens with zero attached hydrogens (tertiary/aromatic N) is 3. The lowest BCUT2D eigenvalue weighted by atomic mass is 10.4. The summed E-state index contributed by atoms with van der Waals surface area (Å²) < 4.78 is 9.02. The fourth-order valence-electron chi connectivity index (χ4n) is 2.08. The first-order chi connectivity index (χ1) is 9.25. The second-order valence-electron chi connectivity index (χ2n) is 4.32. The number of nitrogens with one attached hydrogen (secondary N) is 1. The molecule has 0 saturated carbocycles. The Morgan fingerprint density at radius 2 is 2.42 bits per heavy atom. The average Bonchev–Trinajstić information content (AvgIpc) is 3.09. The highest BCUT2D eigenvalue weighted by atomic mass is 16.3. The van der Waals surface area contributed by atoms with Crippen molar-refractivity contribution in [1.29, 1.82) is 0 Å². The normalized spacial score (nSPS) is 11.0. The van der Waals surface area contributed by atoms with Crippen LogP contribution in [0.1, 0.15) is 10.5 Å². The number of carbonyl (C=O) groups excluding carboxylic acids is 1. The Bertz CT molecular complexity index is 693. The van der Waals surface area contributed by atoms with E-state index in [1.165, 1.54) is 0 Å². The minimum absolute atomic E-state index is 0.103. The predicted molar refractivity (Wildman–Crippen MR) is 69.7 cm³/mol. The van der Waals surface area contributed by atoms with Gasteiger partial charge in [0.1, 0.15) is 5.69 Å². The molecule has 0 saturated heterocycles. The summed E-state index contributed by atoms with van der Waals surface area (Å²) in [5.41, 5.74) is 2.24. The number of hydrogen-bond acceptors (Lipinski definition) is 3. The molecule has 6 heteroatoms. The van der Waals surface area contributed by atoms with Crippen molar-refractivity contribution in [3.8, 4) is 0 Å². The largest absolute Gasteiger partial charge is 0.463 e. The number of aryl methyl sites for hydroxylation is 1. The van der Waals surface area contributed by atoms with E-state index in [1.807, 2.05) is 28.4 Å². The van der Waals surface area contributed by atoms with Gasteiger partial charge in [0.05, 0.1) is 18.1 Å². The number of fused-ring (bicyclic) bond motifs is 1. The molecule has 0 spiro atoms. The first-order valence-electron chi connectivity index (χ1n) is 6.02. The Labute approximate surface area is 109 Å². The molecular weight excluding hydrogens is 244 g/mol. The number of hydrogen-bond donors (Lipinski definition) is 1. The number of amides is 1. The summed E-state index contributed by atoms with van der Waals surface area (Å²) in [4.78, 5) is 16.0. The second kappa shape index (κ2) is 4.64. The van der Waals surface area contributed by atoms with Crippen molar-refractivity contribution < 1.29 is 9.21 Å². The minimum Gasteiger partial charge on any atom is -0.463 e. The fourth-order valence-corrected chi connectivity index (χ4v) is 2.08. The Morgan fingerprint density at radius 1 is 1.53 bits per heavy atom. The number of imidazole rings is 1. The molecule has 98 valence electrons. The van der Waals surface area contributed by atoms with Crippen LogP contribution in [0.4, 0.5) is 0 Å². The molecule has 0 aliphatic heterocycles. The zero-order valence-corrected chi connectivity index (χ0v) is 10.5. The molecule has 0 fully saturated rings. The van der Waals surface area contributed by atoms with Crippen LogP contribution in [0.5, 0.6) is 0 Å². The van der Waals surface area contributed by atoms with Crippen LogP contribution in [0.15, 0.2) is 41.5 Å². The van der Waals surface area contributed by atoms with Crippen LogP contribution >= 0.6 is 0 Å². The molecule has 0 aliphatic carbocycles. The summed E-state index contributed by atoms with van der Waals surface area (Å²) in [6, 6.07) is 3.60. The Hall–Kier alpha value is -2.50. The summed E-state index contributed by atoms with van der Waals surface area (Å²) in [5, 5.41) is 2.88. The van der Waals surface area contributed by atoms with Gasteiger partial charge in [-0.15, -0.1) is 0 Å². The zero-order chi connectivity index (χ0) is 13.2. The Balaban J connectivity index is 1.66. The van der Waals surface area contributed by atoms with E-state index in [0.29, 0.717) is 18.8 Å². The lowest BCUT2D eigenvalue weighted by Crippen LogP contribution is -2.28. The van der Waals surface area contributed by atoms with Crippen molar-refractivity contribution in [2.24, 2.45) is 7.05 Å². The van der Waals surface area contributed by atoms with E-state index in [9.17, 15) is 4.79 Å². The molecule has 6 nitrogen and oxygen atoms in total. The van der Waals surface area contributed by atoms with Gasteiger partial charge in [0.15, 0.2) is 5.58 Å². The minimum atomic E-state index is -0.103. The molecule has 1 N–H and O–H groups in total. The predicted octanol–water partition coefficient (Wildman–Crippen LogP) is 1.40. The third-order valence-electron chi connectivity index (χ3n) is 3.11. The summed E-state index contributed by atoms with van der Waals surface area (Å²) in [6.45, 7) is 1.26. The van der Waals surface area contributed by atoms with Crippen LogP contribution < -0.4 is 5.32 Å². The first kappa shape index (κ1) is 11.6. The molecule has 0 aliphatic rings. The topological polar surface area (TPSA) is 65.0 Å². The van der Waals surface area contributed by atoms with Gasteiger partial charge in [-0.05, 0) is 0 Å². The molecule has 0 aromatic carbocycles. The third kappa shape index (κ3) is 2.12. The lowest BCUT2D eigenvalue weighted by Gasteiger charge is -2.06. The fraction of sp³-hybridized carbons (Fsp3) is 0.231. The molecule has 3 heterocycles.